The van der Waals surface area contributed by atoms with E-state index in [0.717, 1.165) is 6.07 Å². The lowest BCUT2D eigenvalue weighted by Gasteiger charge is -2.23. The third kappa shape index (κ3) is 4.64. The van der Waals surface area contributed by atoms with Gasteiger partial charge in [0, 0.05) is 11.8 Å². The van der Waals surface area contributed by atoms with Gasteiger partial charge >= 0.3 is 0 Å². The highest BCUT2D eigenvalue weighted by atomic mass is 19.3. The Morgan fingerprint density at radius 3 is 2.60 bits per heavy atom. The molecule has 4 aromatic rings. The van der Waals surface area contributed by atoms with Gasteiger partial charge in [-0.15, -0.1) is 5.10 Å². The van der Waals surface area contributed by atoms with Gasteiger partial charge in [0.1, 0.15) is 11.9 Å². The third-order valence-corrected chi connectivity index (χ3v) is 5.39. The van der Waals surface area contributed by atoms with Crippen molar-refractivity contribution < 1.29 is 31.9 Å². The molecule has 0 unspecified atom stereocenters. The molecule has 12 heteroatoms. The number of nitrogens with two attached hydrogens (primary N) is 1. The molecule has 4 rings (SSSR count). The smallest absolute Gasteiger partial charge is 0.294 e. The third-order valence-electron chi connectivity index (χ3n) is 5.39. The Bertz CT molecular complexity index is 1440. The van der Waals surface area contributed by atoms with Gasteiger partial charge in [0.15, 0.2) is 17.3 Å². The van der Waals surface area contributed by atoms with Crippen molar-refractivity contribution in [3.05, 3.63) is 82.8 Å². The second-order valence-electron chi connectivity index (χ2n) is 7.83. The minimum atomic E-state index is -3.97. The molecule has 4 N–H and O–H groups in total. The minimum Gasteiger partial charge on any atom is -0.382 e. The Labute approximate surface area is 195 Å². The molecule has 182 valence electrons. The van der Waals surface area contributed by atoms with Crippen LogP contribution in [0.1, 0.15) is 27.6 Å². The minimum absolute atomic E-state index is 0.0121. The lowest BCUT2D eigenvalue weighted by molar-refractivity contribution is -0.106. The van der Waals surface area contributed by atoms with E-state index in [1.54, 1.807) is 0 Å². The van der Waals surface area contributed by atoms with Gasteiger partial charge in [-0.3, -0.25) is 4.79 Å². The molecule has 1 atom stereocenters. The summed E-state index contributed by atoms with van der Waals surface area (Å²) in [4.78, 5) is 16.7. The number of nitrogens with one attached hydrogen (secondary N) is 1. The Morgan fingerprint density at radius 1 is 1.14 bits per heavy atom. The number of benzene rings is 2. The highest BCUT2D eigenvalue weighted by Gasteiger charge is 2.40. The van der Waals surface area contributed by atoms with Gasteiger partial charge in [-0.2, -0.15) is 4.98 Å². The standard InChI is InChI=1S/C23H18F5N5O2/c1-11-2-4-14(12-6-7-33-17(9-12)31-22(29)32-33)19(26)18(11)21(35)30-10-23(27,28)20(34)13-3-5-15(24)16(25)8-13/h2-9,20,34H,10H2,1H3,(H2,29,32)(H,30,35)/t20-/m1/s1. The number of aryl methyl sites for hydroxylation is 1. The van der Waals surface area contributed by atoms with Crippen LogP contribution in [0.25, 0.3) is 16.8 Å². The van der Waals surface area contributed by atoms with Crippen molar-refractivity contribution in [3.63, 3.8) is 0 Å². The fourth-order valence-corrected chi connectivity index (χ4v) is 3.55. The summed E-state index contributed by atoms with van der Waals surface area (Å²) in [7, 11) is 0. The van der Waals surface area contributed by atoms with E-state index in [4.69, 9.17) is 5.73 Å². The average Bonchev–Trinajstić information content (AvgIpc) is 3.18. The first-order valence-corrected chi connectivity index (χ1v) is 10.2. The fourth-order valence-electron chi connectivity index (χ4n) is 3.55. The van der Waals surface area contributed by atoms with Gasteiger partial charge in [-0.25, -0.2) is 26.5 Å². The monoisotopic (exact) mass is 491 g/mol. The molecule has 35 heavy (non-hydrogen) atoms. The number of alkyl halides is 2. The van der Waals surface area contributed by atoms with Gasteiger partial charge in [0.25, 0.3) is 11.8 Å². The van der Waals surface area contributed by atoms with E-state index >= 15 is 4.39 Å². The van der Waals surface area contributed by atoms with Gasteiger partial charge in [-0.05, 0) is 47.9 Å². The number of hydrogen-bond donors (Lipinski definition) is 3. The van der Waals surface area contributed by atoms with Crippen LogP contribution in [-0.4, -0.2) is 38.1 Å². The number of hydrogen-bond acceptors (Lipinski definition) is 5. The van der Waals surface area contributed by atoms with E-state index in [9.17, 15) is 27.5 Å². The van der Waals surface area contributed by atoms with Crippen LogP contribution in [0.15, 0.2) is 48.7 Å². The van der Waals surface area contributed by atoms with Crippen LogP contribution in [0.4, 0.5) is 27.9 Å². The predicted octanol–water partition coefficient (Wildman–Crippen LogP) is 3.80. The number of aliphatic hydroxyl groups is 1. The first kappa shape index (κ1) is 24.1. The molecule has 0 aliphatic heterocycles. The number of carbonyl (C=O) groups excluding carboxylic acids is 1. The SMILES string of the molecule is Cc1ccc(-c2ccn3nc(N)nc3c2)c(F)c1C(=O)NCC(F)(F)[C@H](O)c1ccc(F)c(F)c1. The number of carbonyl (C=O) groups is 1. The molecular weight excluding hydrogens is 473 g/mol. The Morgan fingerprint density at radius 2 is 1.89 bits per heavy atom. The largest absolute Gasteiger partial charge is 0.382 e. The summed E-state index contributed by atoms with van der Waals surface area (Å²) in [6.07, 6.45) is -1.05. The van der Waals surface area contributed by atoms with Crippen LogP contribution in [0.2, 0.25) is 0 Å². The lowest BCUT2D eigenvalue weighted by atomic mass is 9.98. The summed E-state index contributed by atoms with van der Waals surface area (Å²) in [5, 5.41) is 15.8. The number of fused-ring (bicyclic) bond motifs is 1. The number of nitrogens with zero attached hydrogens (tertiary/aromatic N) is 3. The van der Waals surface area contributed by atoms with Crippen LogP contribution < -0.4 is 11.1 Å². The van der Waals surface area contributed by atoms with Crippen LogP contribution in [0.5, 0.6) is 0 Å². The number of aromatic nitrogens is 3. The highest BCUT2D eigenvalue weighted by Crippen LogP contribution is 2.32. The molecule has 0 bridgehead atoms. The molecule has 0 aliphatic carbocycles. The molecular formula is C23H18F5N5O2. The molecule has 2 heterocycles. The molecule has 7 nitrogen and oxygen atoms in total. The fraction of sp³-hybridized carbons (Fsp3) is 0.174. The summed E-state index contributed by atoms with van der Waals surface area (Å²) >= 11 is 0. The van der Waals surface area contributed by atoms with Gasteiger partial charge < -0.3 is 16.2 Å². The number of pyridine rings is 1. The highest BCUT2D eigenvalue weighted by molar-refractivity contribution is 5.97. The van der Waals surface area contributed by atoms with Gasteiger partial charge in [0.05, 0.1) is 12.1 Å². The Kier molecular flexibility index (Phi) is 6.15. The quantitative estimate of drug-likeness (QED) is 0.356. The molecule has 0 saturated heterocycles. The Balaban J connectivity index is 1.57. The van der Waals surface area contributed by atoms with Gasteiger partial charge in [-0.1, -0.05) is 18.2 Å². The zero-order chi connectivity index (χ0) is 25.5. The summed E-state index contributed by atoms with van der Waals surface area (Å²) < 4.78 is 72.2. The van der Waals surface area contributed by atoms with E-state index in [1.165, 1.54) is 41.9 Å². The number of amides is 1. The summed E-state index contributed by atoms with van der Waals surface area (Å²) in [6, 6.07) is 7.71. The first-order chi connectivity index (χ1) is 16.5. The maximum Gasteiger partial charge on any atom is 0.294 e. The molecule has 0 fully saturated rings. The summed E-state index contributed by atoms with van der Waals surface area (Å²) in [5.74, 6) is -8.74. The van der Waals surface area contributed by atoms with E-state index in [-0.39, 0.29) is 17.1 Å². The molecule has 2 aromatic heterocycles. The van der Waals surface area contributed by atoms with Crippen LogP contribution in [0, 0.1) is 24.4 Å². The van der Waals surface area contributed by atoms with Crippen molar-refractivity contribution in [1.82, 2.24) is 19.9 Å². The van der Waals surface area contributed by atoms with E-state index in [0.29, 0.717) is 23.3 Å². The molecule has 2 aromatic carbocycles. The average molecular weight is 491 g/mol. The maximum atomic E-state index is 15.4. The molecule has 0 saturated carbocycles. The van der Waals surface area contributed by atoms with Crippen molar-refractivity contribution in [2.24, 2.45) is 0 Å². The zero-order valence-corrected chi connectivity index (χ0v) is 18.1. The number of nitrogen functional groups attached to an aromatic ring is 1. The first-order valence-electron chi connectivity index (χ1n) is 10.2. The van der Waals surface area contributed by atoms with Crippen molar-refractivity contribution >= 4 is 17.5 Å². The second kappa shape index (κ2) is 8.95. The van der Waals surface area contributed by atoms with E-state index in [1.807, 2.05) is 5.32 Å². The Hall–Kier alpha value is -4.06. The second-order valence-corrected chi connectivity index (χ2v) is 7.83. The summed E-state index contributed by atoms with van der Waals surface area (Å²) in [5.41, 5.74) is 5.36. The lowest BCUT2D eigenvalue weighted by Crippen LogP contribution is -2.41. The van der Waals surface area contributed by atoms with Crippen molar-refractivity contribution in [1.29, 1.82) is 0 Å². The topological polar surface area (TPSA) is 106 Å². The van der Waals surface area contributed by atoms with Crippen LogP contribution >= 0.6 is 0 Å². The van der Waals surface area contributed by atoms with E-state index in [2.05, 4.69) is 10.1 Å². The maximum absolute atomic E-state index is 15.4. The van der Waals surface area contributed by atoms with Crippen molar-refractivity contribution in [2.75, 3.05) is 12.3 Å². The molecule has 0 aliphatic rings. The number of aliphatic hydroxyl groups excluding tert-OH is 1. The van der Waals surface area contributed by atoms with Crippen LogP contribution in [-0.2, 0) is 0 Å². The van der Waals surface area contributed by atoms with Gasteiger partial charge in [0.2, 0.25) is 5.95 Å². The zero-order valence-electron chi connectivity index (χ0n) is 18.1. The number of rotatable bonds is 6. The number of halogens is 5. The normalized spacial score (nSPS) is 12.7. The molecule has 1 amide bonds. The number of anilines is 1. The van der Waals surface area contributed by atoms with E-state index < -0.39 is 53.1 Å². The predicted molar refractivity (Wildman–Crippen MR) is 116 cm³/mol. The van der Waals surface area contributed by atoms with Crippen molar-refractivity contribution in [3.8, 4) is 11.1 Å². The molecule has 0 spiro atoms. The molecule has 0 radical (unpaired) electrons. The van der Waals surface area contributed by atoms with Crippen molar-refractivity contribution in [2.45, 2.75) is 19.0 Å². The van der Waals surface area contributed by atoms with Crippen LogP contribution in [0.3, 0.4) is 0 Å². The summed E-state index contributed by atoms with van der Waals surface area (Å²) in [6.45, 7) is 0.0402.